The fraction of sp³-hybridized carbons (Fsp3) is 0.500. The Morgan fingerprint density at radius 1 is 1.03 bits per heavy atom. The number of amides is 1. The highest BCUT2D eigenvalue weighted by molar-refractivity contribution is 9.10. The Morgan fingerprint density at radius 2 is 1.66 bits per heavy atom. The van der Waals surface area contributed by atoms with Crippen molar-refractivity contribution in [2.45, 2.75) is 51.7 Å². The molecule has 2 aromatic rings. The number of likely N-dealkylation sites (tertiary alicyclic amines) is 1. The molecule has 6 heteroatoms. The lowest BCUT2D eigenvalue weighted by molar-refractivity contribution is -0.131. The maximum atomic E-state index is 12.6. The minimum Gasteiger partial charge on any atom is -0.444 e. The van der Waals surface area contributed by atoms with E-state index in [1.807, 2.05) is 57.2 Å². The molecule has 0 spiro atoms. The third-order valence-electron chi connectivity index (χ3n) is 6.60. The van der Waals surface area contributed by atoms with Crippen molar-refractivity contribution < 1.29 is 14.6 Å². The Kier molecular flexibility index (Phi) is 6.05. The third kappa shape index (κ3) is 4.27. The van der Waals surface area contributed by atoms with Crippen molar-refractivity contribution in [1.82, 2.24) is 4.90 Å². The van der Waals surface area contributed by atoms with E-state index in [4.69, 9.17) is 4.74 Å². The van der Waals surface area contributed by atoms with Crippen LogP contribution >= 0.6 is 15.9 Å². The van der Waals surface area contributed by atoms with E-state index in [2.05, 4.69) is 39.9 Å². The molecule has 0 radical (unpaired) electrons. The first-order chi connectivity index (χ1) is 15.0. The maximum Gasteiger partial charge on any atom is 0.410 e. The van der Waals surface area contributed by atoms with Crippen LogP contribution in [-0.2, 0) is 10.3 Å². The molecule has 172 valence electrons. The largest absolute Gasteiger partial charge is 0.444 e. The van der Waals surface area contributed by atoms with Crippen LogP contribution < -0.4 is 4.90 Å². The number of benzene rings is 2. The van der Waals surface area contributed by atoms with Gasteiger partial charge in [-0.15, -0.1) is 0 Å². The molecule has 0 saturated carbocycles. The standard InChI is InChI=1S/C26H33BrN2O3/c1-24(2,3)32-23(30)29-17-25(4,18-29)26(31,19-10-12-21(27)13-11-19)20-8-7-9-22(16-20)28-14-5-6-15-28/h7-13,16,31H,5-6,14-15,17-18H2,1-4H3. The predicted molar refractivity (Wildman–Crippen MR) is 131 cm³/mol. The number of nitrogens with zero attached hydrogens (tertiary/aromatic N) is 2. The van der Waals surface area contributed by atoms with Crippen LogP contribution in [0.4, 0.5) is 10.5 Å². The number of hydrogen-bond acceptors (Lipinski definition) is 4. The zero-order valence-electron chi connectivity index (χ0n) is 19.4. The average molecular weight is 501 g/mol. The monoisotopic (exact) mass is 500 g/mol. The SMILES string of the molecule is CC(C)(C)OC(=O)N1CC(C)(C(O)(c2ccc(Br)cc2)c2cccc(N3CCCC3)c2)C1. The summed E-state index contributed by atoms with van der Waals surface area (Å²) in [5.41, 5.74) is 0.474. The number of hydrogen-bond donors (Lipinski definition) is 1. The molecule has 2 aliphatic heterocycles. The minimum atomic E-state index is -1.25. The zero-order valence-corrected chi connectivity index (χ0v) is 21.0. The summed E-state index contributed by atoms with van der Waals surface area (Å²) in [5, 5.41) is 12.4. The number of aliphatic hydroxyl groups is 1. The van der Waals surface area contributed by atoms with E-state index in [0.717, 1.165) is 34.4 Å². The van der Waals surface area contributed by atoms with Crippen LogP contribution in [0.2, 0.25) is 0 Å². The number of carbonyl (C=O) groups is 1. The van der Waals surface area contributed by atoms with Gasteiger partial charge in [0.2, 0.25) is 0 Å². The predicted octanol–water partition coefficient (Wildman–Crippen LogP) is 5.54. The lowest BCUT2D eigenvalue weighted by Gasteiger charge is -2.56. The highest BCUT2D eigenvalue weighted by Crippen LogP contribution is 2.51. The van der Waals surface area contributed by atoms with Crippen LogP contribution in [0.1, 0.15) is 51.7 Å². The summed E-state index contributed by atoms with van der Waals surface area (Å²) in [6.07, 6.45) is 2.06. The Balaban J connectivity index is 1.70. The Morgan fingerprint density at radius 3 is 2.25 bits per heavy atom. The normalized spacial score (nSPS) is 19.9. The van der Waals surface area contributed by atoms with Gasteiger partial charge in [-0.3, -0.25) is 0 Å². The van der Waals surface area contributed by atoms with Gasteiger partial charge in [0.15, 0.2) is 0 Å². The highest BCUT2D eigenvalue weighted by atomic mass is 79.9. The van der Waals surface area contributed by atoms with Crippen molar-refractivity contribution in [2.24, 2.45) is 5.41 Å². The molecule has 0 aliphatic carbocycles. The molecule has 1 unspecified atom stereocenters. The molecule has 5 nitrogen and oxygen atoms in total. The summed E-state index contributed by atoms with van der Waals surface area (Å²) in [7, 11) is 0. The number of ether oxygens (including phenoxy) is 1. The number of halogens is 1. The van der Waals surface area contributed by atoms with Crippen LogP contribution in [0.25, 0.3) is 0 Å². The van der Waals surface area contributed by atoms with Gasteiger partial charge in [-0.25, -0.2) is 4.79 Å². The second kappa shape index (κ2) is 8.38. The van der Waals surface area contributed by atoms with Gasteiger partial charge < -0.3 is 19.6 Å². The molecule has 0 bridgehead atoms. The van der Waals surface area contributed by atoms with Gasteiger partial charge >= 0.3 is 6.09 Å². The molecule has 2 aromatic carbocycles. The molecular weight excluding hydrogens is 468 g/mol. The molecule has 32 heavy (non-hydrogen) atoms. The van der Waals surface area contributed by atoms with Crippen LogP contribution in [0.15, 0.2) is 53.0 Å². The Labute approximate surface area is 199 Å². The summed E-state index contributed by atoms with van der Waals surface area (Å²) in [6, 6.07) is 16.1. The maximum absolute atomic E-state index is 12.6. The van der Waals surface area contributed by atoms with Crippen LogP contribution in [0.5, 0.6) is 0 Å². The van der Waals surface area contributed by atoms with Crippen molar-refractivity contribution in [1.29, 1.82) is 0 Å². The molecule has 1 amide bonds. The van der Waals surface area contributed by atoms with E-state index in [1.165, 1.54) is 12.8 Å². The molecule has 0 aromatic heterocycles. The van der Waals surface area contributed by atoms with E-state index in [0.29, 0.717) is 13.1 Å². The van der Waals surface area contributed by atoms with Crippen molar-refractivity contribution in [3.05, 3.63) is 64.1 Å². The Hall–Kier alpha value is -2.05. The second-order valence-electron chi connectivity index (χ2n) is 10.4. The van der Waals surface area contributed by atoms with Crippen molar-refractivity contribution in [3.8, 4) is 0 Å². The highest BCUT2D eigenvalue weighted by Gasteiger charge is 2.58. The van der Waals surface area contributed by atoms with E-state index in [9.17, 15) is 9.90 Å². The quantitative estimate of drug-likeness (QED) is 0.598. The Bertz CT molecular complexity index is 973. The average Bonchev–Trinajstić information content (AvgIpc) is 3.25. The van der Waals surface area contributed by atoms with Crippen molar-refractivity contribution >= 4 is 27.7 Å². The first-order valence-electron chi connectivity index (χ1n) is 11.3. The van der Waals surface area contributed by atoms with Crippen LogP contribution in [0, 0.1) is 5.41 Å². The molecule has 2 heterocycles. The fourth-order valence-electron chi connectivity index (χ4n) is 4.94. The van der Waals surface area contributed by atoms with Gasteiger partial charge in [0.25, 0.3) is 0 Å². The van der Waals surface area contributed by atoms with E-state index < -0.39 is 16.6 Å². The number of carbonyl (C=O) groups excluding carboxylic acids is 1. The smallest absolute Gasteiger partial charge is 0.410 e. The minimum absolute atomic E-state index is 0.334. The molecular formula is C26H33BrN2O3. The van der Waals surface area contributed by atoms with E-state index in [1.54, 1.807) is 4.90 Å². The van der Waals surface area contributed by atoms with Crippen molar-refractivity contribution in [2.75, 3.05) is 31.1 Å². The summed E-state index contributed by atoms with van der Waals surface area (Å²) in [5.74, 6) is 0. The molecule has 2 fully saturated rings. The van der Waals surface area contributed by atoms with Crippen LogP contribution in [0.3, 0.4) is 0 Å². The first-order valence-corrected chi connectivity index (χ1v) is 12.1. The fourth-order valence-corrected chi connectivity index (χ4v) is 5.20. The topological polar surface area (TPSA) is 53.0 Å². The molecule has 1 N–H and O–H groups in total. The van der Waals surface area contributed by atoms with E-state index >= 15 is 0 Å². The molecule has 1 atom stereocenters. The molecule has 4 rings (SSSR count). The lowest BCUT2D eigenvalue weighted by Crippen LogP contribution is -2.66. The van der Waals surface area contributed by atoms with Gasteiger partial charge in [-0.1, -0.05) is 47.1 Å². The number of anilines is 1. The van der Waals surface area contributed by atoms with Gasteiger partial charge in [0, 0.05) is 41.8 Å². The van der Waals surface area contributed by atoms with Gasteiger partial charge in [0.1, 0.15) is 11.2 Å². The van der Waals surface area contributed by atoms with Gasteiger partial charge in [-0.2, -0.15) is 0 Å². The summed E-state index contributed by atoms with van der Waals surface area (Å²) in [6.45, 7) is 10.6. The molecule has 2 saturated heterocycles. The van der Waals surface area contributed by atoms with Gasteiger partial charge in [0.05, 0.1) is 0 Å². The summed E-state index contributed by atoms with van der Waals surface area (Å²) < 4.78 is 6.52. The summed E-state index contributed by atoms with van der Waals surface area (Å²) in [4.78, 5) is 16.7. The second-order valence-corrected chi connectivity index (χ2v) is 11.3. The first kappa shape index (κ1) is 23.1. The summed E-state index contributed by atoms with van der Waals surface area (Å²) >= 11 is 3.51. The lowest BCUT2D eigenvalue weighted by atomic mass is 9.62. The van der Waals surface area contributed by atoms with Gasteiger partial charge in [-0.05, 0) is 69.0 Å². The van der Waals surface area contributed by atoms with E-state index in [-0.39, 0.29) is 6.09 Å². The third-order valence-corrected chi connectivity index (χ3v) is 7.13. The van der Waals surface area contributed by atoms with Crippen molar-refractivity contribution in [3.63, 3.8) is 0 Å². The zero-order chi connectivity index (χ0) is 23.1. The number of rotatable bonds is 4. The molecule has 2 aliphatic rings. The van der Waals surface area contributed by atoms with Crippen LogP contribution in [-0.4, -0.2) is 47.9 Å².